The van der Waals surface area contributed by atoms with Crippen molar-refractivity contribution in [3.63, 3.8) is 0 Å². The van der Waals surface area contributed by atoms with Crippen molar-refractivity contribution in [2.75, 3.05) is 0 Å². The van der Waals surface area contributed by atoms with Crippen LogP contribution < -0.4 is 0 Å². The second-order valence-electron chi connectivity index (χ2n) is 5.47. The Hall–Kier alpha value is -3.28. The molecule has 0 fully saturated rings. The molecule has 0 saturated carbocycles. The molecule has 0 aliphatic carbocycles. The van der Waals surface area contributed by atoms with Crippen LogP contribution in [-0.4, -0.2) is 33.6 Å². The van der Waals surface area contributed by atoms with Gasteiger partial charge in [-0.25, -0.2) is 9.59 Å². The minimum absolute atomic E-state index is 0.143. The molecule has 2 aromatic rings. The number of nitrogens with zero attached hydrogens (tertiary/aromatic N) is 2. The highest BCUT2D eigenvalue weighted by atomic mass is 16.4. The third kappa shape index (κ3) is 2.69. The van der Waals surface area contributed by atoms with E-state index in [-0.39, 0.29) is 11.1 Å². The van der Waals surface area contributed by atoms with Gasteiger partial charge < -0.3 is 10.2 Å². The van der Waals surface area contributed by atoms with Gasteiger partial charge in [0.25, 0.3) is 0 Å². The van der Waals surface area contributed by atoms with Crippen LogP contribution in [0, 0.1) is 0 Å². The van der Waals surface area contributed by atoms with Crippen LogP contribution in [0.1, 0.15) is 34.6 Å². The Balaban J connectivity index is 2.32. The highest BCUT2D eigenvalue weighted by Crippen LogP contribution is 2.39. The van der Waals surface area contributed by atoms with E-state index in [1.165, 1.54) is 24.3 Å². The largest absolute Gasteiger partial charge is 0.478 e. The highest BCUT2D eigenvalue weighted by Gasteiger charge is 2.17. The summed E-state index contributed by atoms with van der Waals surface area (Å²) >= 11 is 0. The van der Waals surface area contributed by atoms with E-state index in [9.17, 15) is 19.8 Å². The molecule has 2 aromatic carbocycles. The summed E-state index contributed by atoms with van der Waals surface area (Å²) in [6, 6.07) is 9.36. The zero-order valence-electron chi connectivity index (χ0n) is 13.1. The normalized spacial score (nSPS) is 12.9. The first-order chi connectivity index (χ1) is 11.4. The molecule has 1 heterocycles. The number of aliphatic imine (C=N–C) groups is 2. The van der Waals surface area contributed by atoms with Crippen LogP contribution in [0.4, 0.5) is 11.4 Å². The first kappa shape index (κ1) is 15.6. The second-order valence-corrected chi connectivity index (χ2v) is 5.47. The summed E-state index contributed by atoms with van der Waals surface area (Å²) in [6.45, 7) is 3.56. The Morgan fingerprint density at radius 2 is 1.12 bits per heavy atom. The van der Waals surface area contributed by atoms with E-state index in [0.717, 1.165) is 0 Å². The fraction of sp³-hybridized carbons (Fsp3) is 0.111. The molecule has 0 aromatic heterocycles. The molecule has 0 bridgehead atoms. The molecule has 0 unspecified atom stereocenters. The van der Waals surface area contributed by atoms with Gasteiger partial charge in [-0.15, -0.1) is 0 Å². The van der Waals surface area contributed by atoms with E-state index >= 15 is 0 Å². The number of carboxylic acid groups (broad SMARTS) is 2. The lowest BCUT2D eigenvalue weighted by atomic mass is 9.97. The van der Waals surface area contributed by atoms with Crippen LogP contribution in [0.25, 0.3) is 11.1 Å². The number of hydrogen-bond donors (Lipinski definition) is 2. The van der Waals surface area contributed by atoms with Gasteiger partial charge in [-0.2, -0.15) is 0 Å². The van der Waals surface area contributed by atoms with Gasteiger partial charge in [0.15, 0.2) is 0 Å². The standard InChI is InChI=1S/C18H14N2O4/c1-9-10(2)20-16-8-12(18(23)24)4-6-14(16)13-5-3-11(17(21)22)7-15(13)19-9/h3-8H,1-2H3,(H,21,22)(H,23,24). The number of benzene rings is 2. The molecular weight excluding hydrogens is 308 g/mol. The fourth-order valence-electron chi connectivity index (χ4n) is 2.49. The Bertz CT molecular complexity index is 865. The molecule has 3 rings (SSSR count). The molecule has 2 N–H and O–H groups in total. The minimum Gasteiger partial charge on any atom is -0.478 e. The predicted octanol–water partition coefficient (Wildman–Crippen LogP) is 3.95. The lowest BCUT2D eigenvalue weighted by Gasteiger charge is -2.15. The lowest BCUT2D eigenvalue weighted by molar-refractivity contribution is 0.0686. The van der Waals surface area contributed by atoms with Crippen LogP contribution in [-0.2, 0) is 0 Å². The van der Waals surface area contributed by atoms with Gasteiger partial charge >= 0.3 is 11.9 Å². The number of rotatable bonds is 2. The zero-order chi connectivity index (χ0) is 17.4. The summed E-state index contributed by atoms with van der Waals surface area (Å²) in [5.41, 5.74) is 4.03. The molecule has 0 spiro atoms. The second kappa shape index (κ2) is 5.73. The molecule has 0 saturated heterocycles. The van der Waals surface area contributed by atoms with Crippen LogP contribution >= 0.6 is 0 Å². The van der Waals surface area contributed by atoms with Crippen molar-refractivity contribution in [3.05, 3.63) is 47.5 Å². The van der Waals surface area contributed by atoms with Crippen molar-refractivity contribution in [3.8, 4) is 11.1 Å². The number of carbonyl (C=O) groups is 2. The predicted molar refractivity (Wildman–Crippen MR) is 91.3 cm³/mol. The Labute approximate surface area is 137 Å². The van der Waals surface area contributed by atoms with Gasteiger partial charge in [0.05, 0.1) is 33.9 Å². The summed E-state index contributed by atoms with van der Waals surface area (Å²) in [7, 11) is 0. The molecule has 1 aliphatic heterocycles. The maximum absolute atomic E-state index is 11.2. The van der Waals surface area contributed by atoms with E-state index < -0.39 is 11.9 Å². The fourth-order valence-corrected chi connectivity index (χ4v) is 2.49. The minimum atomic E-state index is -1.03. The van der Waals surface area contributed by atoms with Crippen LogP contribution in [0.3, 0.4) is 0 Å². The number of hydrogen-bond acceptors (Lipinski definition) is 4. The first-order valence-electron chi connectivity index (χ1n) is 7.23. The molecule has 24 heavy (non-hydrogen) atoms. The highest BCUT2D eigenvalue weighted by molar-refractivity contribution is 6.42. The Morgan fingerprint density at radius 1 is 0.750 bits per heavy atom. The van der Waals surface area contributed by atoms with Gasteiger partial charge in [-0.1, -0.05) is 12.1 Å². The molecule has 0 atom stereocenters. The van der Waals surface area contributed by atoms with Gasteiger partial charge in [0.2, 0.25) is 0 Å². The smallest absolute Gasteiger partial charge is 0.335 e. The van der Waals surface area contributed by atoms with E-state index in [2.05, 4.69) is 9.98 Å². The first-order valence-corrected chi connectivity index (χ1v) is 7.23. The zero-order valence-corrected chi connectivity index (χ0v) is 13.1. The van der Waals surface area contributed by atoms with Crippen molar-refractivity contribution in [1.29, 1.82) is 0 Å². The topological polar surface area (TPSA) is 99.3 Å². The Morgan fingerprint density at radius 3 is 1.46 bits per heavy atom. The van der Waals surface area contributed by atoms with Gasteiger partial charge in [0, 0.05) is 11.1 Å². The monoisotopic (exact) mass is 322 g/mol. The third-order valence-corrected chi connectivity index (χ3v) is 3.88. The molecular formula is C18H14N2O4. The molecule has 6 nitrogen and oxygen atoms in total. The SMILES string of the molecule is CC1=Nc2cc(C(=O)O)ccc2-c2ccc(C(=O)O)cc2N=C1C. The maximum atomic E-state index is 11.2. The molecule has 0 radical (unpaired) electrons. The van der Waals surface area contributed by atoms with Crippen LogP contribution in [0.15, 0.2) is 46.4 Å². The third-order valence-electron chi connectivity index (χ3n) is 3.88. The van der Waals surface area contributed by atoms with Crippen molar-refractivity contribution < 1.29 is 19.8 Å². The summed E-state index contributed by atoms with van der Waals surface area (Å²) in [6.07, 6.45) is 0. The quantitative estimate of drug-likeness (QED) is 0.874. The molecule has 6 heteroatoms. The van der Waals surface area contributed by atoms with Crippen molar-refractivity contribution in [2.24, 2.45) is 9.98 Å². The van der Waals surface area contributed by atoms with Crippen LogP contribution in [0.2, 0.25) is 0 Å². The summed E-state index contributed by atoms with van der Waals surface area (Å²) < 4.78 is 0. The number of aromatic carboxylic acids is 2. The molecule has 0 amide bonds. The maximum Gasteiger partial charge on any atom is 0.335 e. The molecule has 1 aliphatic rings. The summed E-state index contributed by atoms with van der Waals surface area (Å²) in [4.78, 5) is 31.4. The summed E-state index contributed by atoms with van der Waals surface area (Å²) in [5.74, 6) is -2.06. The summed E-state index contributed by atoms with van der Waals surface area (Å²) in [5, 5.41) is 18.4. The van der Waals surface area contributed by atoms with Gasteiger partial charge in [-0.05, 0) is 38.1 Å². The number of carboxylic acids is 2. The Kier molecular flexibility index (Phi) is 3.73. The van der Waals surface area contributed by atoms with Crippen molar-refractivity contribution in [2.45, 2.75) is 13.8 Å². The van der Waals surface area contributed by atoms with E-state index in [1.54, 1.807) is 26.0 Å². The number of fused-ring (bicyclic) bond motifs is 3. The van der Waals surface area contributed by atoms with Crippen molar-refractivity contribution in [1.82, 2.24) is 0 Å². The van der Waals surface area contributed by atoms with E-state index in [1.807, 2.05) is 0 Å². The van der Waals surface area contributed by atoms with Crippen LogP contribution in [0.5, 0.6) is 0 Å². The molecule has 120 valence electrons. The van der Waals surface area contributed by atoms with E-state index in [0.29, 0.717) is 33.9 Å². The lowest BCUT2D eigenvalue weighted by Crippen LogP contribution is -2.07. The van der Waals surface area contributed by atoms with E-state index in [4.69, 9.17) is 0 Å². The van der Waals surface area contributed by atoms with Gasteiger partial charge in [-0.3, -0.25) is 9.98 Å². The average Bonchev–Trinajstić information content (AvgIpc) is 2.53. The van der Waals surface area contributed by atoms with Gasteiger partial charge in [0.1, 0.15) is 0 Å². The average molecular weight is 322 g/mol. The van der Waals surface area contributed by atoms with Crippen molar-refractivity contribution >= 4 is 34.7 Å².